The minimum atomic E-state index is -3.81. The second-order valence-electron chi connectivity index (χ2n) is 6.33. The summed E-state index contributed by atoms with van der Waals surface area (Å²) >= 11 is 0. The molecule has 23 heavy (non-hydrogen) atoms. The van der Waals surface area contributed by atoms with Gasteiger partial charge in [0.05, 0.1) is 10.4 Å². The van der Waals surface area contributed by atoms with Gasteiger partial charge < -0.3 is 10.6 Å². The van der Waals surface area contributed by atoms with Crippen LogP contribution in [0.25, 0.3) is 0 Å². The summed E-state index contributed by atoms with van der Waals surface area (Å²) in [6.07, 6.45) is 2.71. The van der Waals surface area contributed by atoms with Crippen molar-refractivity contribution in [2.24, 2.45) is 5.73 Å². The first-order valence-electron chi connectivity index (χ1n) is 7.66. The number of nitrogens with one attached hydrogen (secondary N) is 1. The number of hydrogen-bond donors (Lipinski definition) is 2. The van der Waals surface area contributed by atoms with E-state index in [0.29, 0.717) is 38.8 Å². The molecule has 1 aromatic carbocycles. The van der Waals surface area contributed by atoms with E-state index in [4.69, 9.17) is 5.73 Å². The van der Waals surface area contributed by atoms with Crippen LogP contribution in [0.4, 0.5) is 4.39 Å². The molecular formula is C15H20FN3O3S. The molecule has 3 N–H and O–H groups in total. The van der Waals surface area contributed by atoms with Crippen LogP contribution >= 0.6 is 0 Å². The highest BCUT2D eigenvalue weighted by Crippen LogP contribution is 2.34. The number of piperidine rings is 1. The minimum Gasteiger partial charge on any atom is -0.340 e. The highest BCUT2D eigenvalue weighted by atomic mass is 32.2. The Balaban J connectivity index is 1.68. The Labute approximate surface area is 134 Å². The van der Waals surface area contributed by atoms with E-state index in [0.717, 1.165) is 6.07 Å². The van der Waals surface area contributed by atoms with E-state index in [1.807, 2.05) is 0 Å². The molecule has 1 aliphatic carbocycles. The van der Waals surface area contributed by atoms with Crippen LogP contribution in [-0.4, -0.2) is 43.9 Å². The summed E-state index contributed by atoms with van der Waals surface area (Å²) in [5.41, 5.74) is 5.18. The lowest BCUT2D eigenvalue weighted by Crippen LogP contribution is -2.54. The number of likely N-dealkylation sites (tertiary alicyclic amines) is 1. The lowest BCUT2D eigenvalue weighted by molar-refractivity contribution is -0.134. The summed E-state index contributed by atoms with van der Waals surface area (Å²) in [5, 5.41) is 0. The molecule has 126 valence electrons. The molecule has 2 aliphatic rings. The molecule has 0 bridgehead atoms. The number of hydrogen-bond acceptors (Lipinski definition) is 4. The topological polar surface area (TPSA) is 92.5 Å². The average molecular weight is 341 g/mol. The van der Waals surface area contributed by atoms with Gasteiger partial charge in [0.1, 0.15) is 5.82 Å². The number of sulfonamides is 1. The fraction of sp³-hybridized carbons (Fsp3) is 0.533. The van der Waals surface area contributed by atoms with Crippen molar-refractivity contribution in [1.82, 2.24) is 9.62 Å². The first kappa shape index (κ1) is 16.4. The van der Waals surface area contributed by atoms with Crippen molar-refractivity contribution < 1.29 is 17.6 Å². The molecule has 1 aliphatic heterocycles. The fourth-order valence-electron chi connectivity index (χ4n) is 2.84. The van der Waals surface area contributed by atoms with Crippen molar-refractivity contribution in [2.75, 3.05) is 13.1 Å². The molecule has 8 heteroatoms. The number of benzene rings is 1. The van der Waals surface area contributed by atoms with Gasteiger partial charge in [-0.15, -0.1) is 0 Å². The van der Waals surface area contributed by atoms with Crippen LogP contribution in [0.15, 0.2) is 29.2 Å². The predicted octanol–water partition coefficient (Wildman–Crippen LogP) is 0.586. The first-order valence-corrected chi connectivity index (χ1v) is 9.15. The molecule has 0 aromatic heterocycles. The van der Waals surface area contributed by atoms with Crippen molar-refractivity contribution in [3.8, 4) is 0 Å². The second kappa shape index (κ2) is 5.85. The molecule has 0 spiro atoms. The molecule has 1 saturated heterocycles. The van der Waals surface area contributed by atoms with Crippen molar-refractivity contribution in [3.63, 3.8) is 0 Å². The maximum absolute atomic E-state index is 13.2. The average Bonchev–Trinajstić information content (AvgIpc) is 3.25. The monoisotopic (exact) mass is 341 g/mol. The van der Waals surface area contributed by atoms with Crippen LogP contribution in [0, 0.1) is 5.82 Å². The quantitative estimate of drug-likeness (QED) is 0.838. The van der Waals surface area contributed by atoms with Crippen LogP contribution in [-0.2, 0) is 14.8 Å². The summed E-state index contributed by atoms with van der Waals surface area (Å²) in [6, 6.07) is 4.48. The summed E-state index contributed by atoms with van der Waals surface area (Å²) in [7, 11) is -3.81. The SMILES string of the molecule is NC1(C(=O)N2CCCC(NS(=O)(=O)c3cccc(F)c3)C2)CC1. The second-order valence-corrected chi connectivity index (χ2v) is 8.04. The zero-order chi connectivity index (χ0) is 16.7. The van der Waals surface area contributed by atoms with E-state index in [1.54, 1.807) is 4.90 Å². The Kier molecular flexibility index (Phi) is 4.16. The van der Waals surface area contributed by atoms with E-state index < -0.39 is 21.4 Å². The standard InChI is InChI=1S/C15H20FN3O3S/c16-11-3-1-5-13(9-11)23(21,22)18-12-4-2-8-19(10-12)14(20)15(17)6-7-15/h1,3,5,9,12,18H,2,4,6-8,10,17H2. The normalized spacial score (nSPS) is 23.6. The lowest BCUT2D eigenvalue weighted by atomic mass is 10.1. The van der Waals surface area contributed by atoms with Crippen molar-refractivity contribution in [1.29, 1.82) is 0 Å². The molecule has 1 heterocycles. The number of rotatable bonds is 4. The Morgan fingerprint density at radius 2 is 2.13 bits per heavy atom. The number of carbonyl (C=O) groups excluding carboxylic acids is 1. The van der Waals surface area contributed by atoms with Crippen molar-refractivity contribution in [3.05, 3.63) is 30.1 Å². The molecule has 1 saturated carbocycles. The van der Waals surface area contributed by atoms with E-state index >= 15 is 0 Å². The number of nitrogens with zero attached hydrogens (tertiary/aromatic N) is 1. The van der Waals surface area contributed by atoms with Gasteiger partial charge in [0, 0.05) is 19.1 Å². The Bertz CT molecular complexity index is 718. The van der Waals surface area contributed by atoms with E-state index in [2.05, 4.69) is 4.72 Å². The third-order valence-corrected chi connectivity index (χ3v) is 5.87. The van der Waals surface area contributed by atoms with Crippen LogP contribution in [0.3, 0.4) is 0 Å². The van der Waals surface area contributed by atoms with Gasteiger partial charge in [-0.2, -0.15) is 0 Å². The molecule has 3 rings (SSSR count). The zero-order valence-corrected chi connectivity index (χ0v) is 13.5. The Morgan fingerprint density at radius 1 is 1.39 bits per heavy atom. The van der Waals surface area contributed by atoms with E-state index in [-0.39, 0.29) is 16.8 Å². The number of nitrogens with two attached hydrogens (primary N) is 1. The van der Waals surface area contributed by atoms with Gasteiger partial charge in [-0.1, -0.05) is 6.07 Å². The third kappa shape index (κ3) is 3.54. The van der Waals surface area contributed by atoms with Gasteiger partial charge in [0.2, 0.25) is 15.9 Å². The predicted molar refractivity (Wildman–Crippen MR) is 82.5 cm³/mol. The van der Waals surface area contributed by atoms with Gasteiger partial charge in [0.25, 0.3) is 0 Å². The van der Waals surface area contributed by atoms with Gasteiger partial charge in [0.15, 0.2) is 0 Å². The summed E-state index contributed by atoms with van der Waals surface area (Å²) < 4.78 is 40.5. The highest BCUT2D eigenvalue weighted by molar-refractivity contribution is 7.89. The van der Waals surface area contributed by atoms with Crippen LogP contribution < -0.4 is 10.5 Å². The fourth-order valence-corrected chi connectivity index (χ4v) is 4.14. The third-order valence-electron chi connectivity index (χ3n) is 4.35. The van der Waals surface area contributed by atoms with Gasteiger partial charge in [-0.05, 0) is 43.9 Å². The first-order chi connectivity index (χ1) is 10.8. The molecular weight excluding hydrogens is 321 g/mol. The van der Waals surface area contributed by atoms with Crippen LogP contribution in [0.5, 0.6) is 0 Å². The number of amides is 1. The van der Waals surface area contributed by atoms with Crippen molar-refractivity contribution >= 4 is 15.9 Å². The highest BCUT2D eigenvalue weighted by Gasteiger charge is 2.48. The Hall–Kier alpha value is -1.51. The molecule has 1 amide bonds. The van der Waals surface area contributed by atoms with Crippen molar-refractivity contribution in [2.45, 2.75) is 42.2 Å². The number of halogens is 1. The summed E-state index contributed by atoms with van der Waals surface area (Å²) in [5.74, 6) is -0.709. The summed E-state index contributed by atoms with van der Waals surface area (Å²) in [6.45, 7) is 0.891. The van der Waals surface area contributed by atoms with Crippen LogP contribution in [0.1, 0.15) is 25.7 Å². The lowest BCUT2D eigenvalue weighted by Gasteiger charge is -2.34. The molecule has 1 atom stereocenters. The molecule has 1 aromatic rings. The summed E-state index contributed by atoms with van der Waals surface area (Å²) in [4.78, 5) is 13.8. The molecule has 1 unspecified atom stereocenters. The van der Waals surface area contributed by atoms with E-state index in [9.17, 15) is 17.6 Å². The number of carbonyl (C=O) groups is 1. The smallest absolute Gasteiger partial charge is 0.242 e. The molecule has 2 fully saturated rings. The maximum atomic E-state index is 13.2. The van der Waals surface area contributed by atoms with Gasteiger partial charge >= 0.3 is 0 Å². The van der Waals surface area contributed by atoms with Gasteiger partial charge in [-0.3, -0.25) is 4.79 Å². The van der Waals surface area contributed by atoms with E-state index in [1.165, 1.54) is 18.2 Å². The molecule has 6 nitrogen and oxygen atoms in total. The molecule has 0 radical (unpaired) electrons. The zero-order valence-electron chi connectivity index (χ0n) is 12.7. The maximum Gasteiger partial charge on any atom is 0.242 e. The Morgan fingerprint density at radius 3 is 2.78 bits per heavy atom. The largest absolute Gasteiger partial charge is 0.340 e. The van der Waals surface area contributed by atoms with Crippen LogP contribution in [0.2, 0.25) is 0 Å². The minimum absolute atomic E-state index is 0.104. The van der Waals surface area contributed by atoms with Gasteiger partial charge in [-0.25, -0.2) is 17.5 Å².